The summed E-state index contributed by atoms with van der Waals surface area (Å²) in [4.78, 5) is 26.5. The molecule has 0 aromatic rings. The van der Waals surface area contributed by atoms with E-state index in [-0.39, 0.29) is 23.8 Å². The molecule has 24 heavy (non-hydrogen) atoms. The third-order valence-electron chi connectivity index (χ3n) is 6.23. The van der Waals surface area contributed by atoms with Gasteiger partial charge in [-0.3, -0.25) is 9.59 Å². The van der Waals surface area contributed by atoms with E-state index >= 15 is 0 Å². The zero-order valence-electron chi connectivity index (χ0n) is 14.7. The molecule has 2 aliphatic heterocycles. The molecule has 1 aliphatic carbocycles. The van der Waals surface area contributed by atoms with Crippen LogP contribution in [-0.2, 0) is 19.1 Å². The lowest BCUT2D eigenvalue weighted by Gasteiger charge is -2.42. The number of piperidine rings is 1. The number of primary amides is 1. The van der Waals surface area contributed by atoms with E-state index in [1.54, 1.807) is 7.11 Å². The number of carbonyl (C=O) groups is 2. The summed E-state index contributed by atoms with van der Waals surface area (Å²) in [5, 5.41) is 0. The van der Waals surface area contributed by atoms with Crippen LogP contribution in [0.15, 0.2) is 0 Å². The second-order valence-corrected chi connectivity index (χ2v) is 7.52. The highest BCUT2D eigenvalue weighted by molar-refractivity contribution is 5.85. The molecule has 136 valence electrons. The third-order valence-corrected chi connectivity index (χ3v) is 6.23. The van der Waals surface area contributed by atoms with Crippen LogP contribution in [0.2, 0.25) is 0 Å². The van der Waals surface area contributed by atoms with Crippen LogP contribution in [0.25, 0.3) is 0 Å². The molecular formula is C18H30N2O4. The topological polar surface area (TPSA) is 81.9 Å². The van der Waals surface area contributed by atoms with Crippen LogP contribution in [0.3, 0.4) is 0 Å². The molecule has 3 rings (SSSR count). The number of nitrogens with two attached hydrogens (primary N) is 1. The molecule has 3 aliphatic rings. The minimum Gasteiger partial charge on any atom is -0.377 e. The lowest BCUT2D eigenvalue weighted by molar-refractivity contribution is -0.161. The van der Waals surface area contributed by atoms with Crippen LogP contribution in [0, 0.1) is 11.8 Å². The van der Waals surface area contributed by atoms with Crippen molar-refractivity contribution in [1.82, 2.24) is 4.90 Å². The van der Waals surface area contributed by atoms with E-state index in [1.165, 1.54) is 6.42 Å². The number of amides is 2. The molecule has 2 N–H and O–H groups in total. The molecule has 0 unspecified atom stereocenters. The molecule has 2 heterocycles. The van der Waals surface area contributed by atoms with E-state index in [9.17, 15) is 9.59 Å². The number of hydrogen-bond acceptors (Lipinski definition) is 4. The van der Waals surface area contributed by atoms with E-state index < -0.39 is 5.60 Å². The smallest absolute Gasteiger partial charge is 0.254 e. The van der Waals surface area contributed by atoms with Crippen LogP contribution in [-0.4, -0.2) is 55.2 Å². The maximum absolute atomic E-state index is 13.0. The number of carbonyl (C=O) groups excluding carboxylic acids is 2. The van der Waals surface area contributed by atoms with Crippen molar-refractivity contribution in [1.29, 1.82) is 0 Å². The monoisotopic (exact) mass is 338 g/mol. The molecule has 1 saturated carbocycles. The number of nitrogens with zero attached hydrogens (tertiary/aromatic N) is 1. The van der Waals surface area contributed by atoms with Gasteiger partial charge in [0.1, 0.15) is 5.60 Å². The summed E-state index contributed by atoms with van der Waals surface area (Å²) in [6.45, 7) is 2.06. The first-order valence-electron chi connectivity index (χ1n) is 9.33. The first-order valence-corrected chi connectivity index (χ1v) is 9.33. The molecule has 6 heteroatoms. The normalized spacial score (nSPS) is 31.1. The highest BCUT2D eigenvalue weighted by Crippen LogP contribution is 2.36. The molecule has 0 spiro atoms. The summed E-state index contributed by atoms with van der Waals surface area (Å²) in [6, 6.07) is 0. The van der Waals surface area contributed by atoms with Gasteiger partial charge in [0.25, 0.3) is 5.91 Å². The van der Waals surface area contributed by atoms with Crippen molar-refractivity contribution >= 4 is 11.8 Å². The van der Waals surface area contributed by atoms with Gasteiger partial charge in [0.05, 0.1) is 12.0 Å². The van der Waals surface area contributed by atoms with Gasteiger partial charge in [-0.05, 0) is 38.0 Å². The predicted octanol–water partition coefficient (Wildman–Crippen LogP) is 1.46. The van der Waals surface area contributed by atoms with Gasteiger partial charge >= 0.3 is 0 Å². The van der Waals surface area contributed by atoms with Crippen LogP contribution < -0.4 is 5.73 Å². The molecule has 0 aromatic carbocycles. The van der Waals surface area contributed by atoms with Gasteiger partial charge in [-0.1, -0.05) is 19.3 Å². The fraction of sp³-hybridized carbons (Fsp3) is 0.889. The largest absolute Gasteiger partial charge is 0.377 e. The molecular weight excluding hydrogens is 308 g/mol. The van der Waals surface area contributed by atoms with E-state index in [2.05, 4.69) is 0 Å². The lowest BCUT2D eigenvalue weighted by atomic mass is 9.81. The van der Waals surface area contributed by atoms with Gasteiger partial charge in [-0.15, -0.1) is 0 Å². The molecule has 0 radical (unpaired) electrons. The Morgan fingerprint density at radius 1 is 1.12 bits per heavy atom. The van der Waals surface area contributed by atoms with Crippen molar-refractivity contribution in [2.24, 2.45) is 17.6 Å². The average molecular weight is 338 g/mol. The Hall–Kier alpha value is -1.14. The number of ether oxygens (including phenoxy) is 2. The highest BCUT2D eigenvalue weighted by Gasteiger charge is 2.45. The Labute approximate surface area is 144 Å². The Balaban J connectivity index is 1.58. The second kappa shape index (κ2) is 7.40. The Morgan fingerprint density at radius 3 is 2.38 bits per heavy atom. The zero-order chi connectivity index (χ0) is 17.2. The van der Waals surface area contributed by atoms with Crippen molar-refractivity contribution in [2.75, 3.05) is 26.8 Å². The molecule has 0 aromatic heterocycles. The Morgan fingerprint density at radius 2 is 1.79 bits per heavy atom. The maximum atomic E-state index is 13.0. The second-order valence-electron chi connectivity index (χ2n) is 7.52. The third kappa shape index (κ3) is 3.31. The highest BCUT2D eigenvalue weighted by atomic mass is 16.5. The Kier molecular flexibility index (Phi) is 5.45. The Bertz CT molecular complexity index is 468. The van der Waals surface area contributed by atoms with Crippen molar-refractivity contribution in [3.05, 3.63) is 0 Å². The maximum Gasteiger partial charge on any atom is 0.254 e. The van der Waals surface area contributed by atoms with Crippen molar-refractivity contribution in [3.63, 3.8) is 0 Å². The number of likely N-dealkylation sites (tertiary alicyclic amines) is 1. The van der Waals surface area contributed by atoms with Gasteiger partial charge in [0, 0.05) is 26.8 Å². The fourth-order valence-electron chi connectivity index (χ4n) is 4.73. The van der Waals surface area contributed by atoms with E-state index in [1.807, 2.05) is 4.90 Å². The summed E-state index contributed by atoms with van der Waals surface area (Å²) in [5.74, 6) is 0.0540. The SMILES string of the molecule is COC1(C(=O)N2CCC([C@H]3OCC[C@@H]3C(N)=O)CC2)CCCCC1. The molecule has 2 amide bonds. The van der Waals surface area contributed by atoms with Crippen LogP contribution >= 0.6 is 0 Å². The van der Waals surface area contributed by atoms with E-state index in [4.69, 9.17) is 15.2 Å². The minimum absolute atomic E-state index is 0.0641. The van der Waals surface area contributed by atoms with E-state index in [0.29, 0.717) is 12.5 Å². The van der Waals surface area contributed by atoms with Crippen LogP contribution in [0.1, 0.15) is 51.4 Å². The number of hydrogen-bond donors (Lipinski definition) is 1. The quantitative estimate of drug-likeness (QED) is 0.841. The molecule has 6 nitrogen and oxygen atoms in total. The predicted molar refractivity (Wildman–Crippen MR) is 89.2 cm³/mol. The number of rotatable bonds is 4. The van der Waals surface area contributed by atoms with Gasteiger partial charge in [0.15, 0.2) is 0 Å². The molecule has 0 bridgehead atoms. The summed E-state index contributed by atoms with van der Waals surface area (Å²) >= 11 is 0. The van der Waals surface area contributed by atoms with Gasteiger partial charge < -0.3 is 20.1 Å². The van der Waals surface area contributed by atoms with Gasteiger partial charge in [-0.25, -0.2) is 0 Å². The molecule has 2 atom stereocenters. The molecule has 3 fully saturated rings. The average Bonchev–Trinajstić information content (AvgIpc) is 3.12. The van der Waals surface area contributed by atoms with Crippen molar-refractivity contribution in [2.45, 2.75) is 63.1 Å². The lowest BCUT2D eigenvalue weighted by Crippen LogP contribution is -2.54. The van der Waals surface area contributed by atoms with Crippen LogP contribution in [0.4, 0.5) is 0 Å². The minimum atomic E-state index is -0.606. The fourth-order valence-corrected chi connectivity index (χ4v) is 4.73. The van der Waals surface area contributed by atoms with Gasteiger partial charge in [0.2, 0.25) is 5.91 Å². The van der Waals surface area contributed by atoms with Crippen LogP contribution in [0.5, 0.6) is 0 Å². The first kappa shape index (κ1) is 17.7. The summed E-state index contributed by atoms with van der Waals surface area (Å²) in [7, 11) is 1.67. The summed E-state index contributed by atoms with van der Waals surface area (Å²) < 4.78 is 11.5. The van der Waals surface area contributed by atoms with Crippen molar-refractivity contribution < 1.29 is 19.1 Å². The van der Waals surface area contributed by atoms with Crippen molar-refractivity contribution in [3.8, 4) is 0 Å². The molecule has 2 saturated heterocycles. The van der Waals surface area contributed by atoms with E-state index in [0.717, 1.165) is 58.0 Å². The number of methoxy groups -OCH3 is 1. The summed E-state index contributed by atoms with van der Waals surface area (Å²) in [6.07, 6.45) is 7.39. The standard InChI is InChI=1S/C18H30N2O4/c1-23-18(8-3-2-4-9-18)17(22)20-10-5-13(6-11-20)15-14(16(19)21)7-12-24-15/h13-15H,2-12H2,1H3,(H2,19,21)/t14-,15+/m0/s1. The zero-order valence-corrected chi connectivity index (χ0v) is 14.7. The van der Waals surface area contributed by atoms with Gasteiger partial charge in [-0.2, -0.15) is 0 Å². The summed E-state index contributed by atoms with van der Waals surface area (Å²) in [5.41, 5.74) is 4.90. The first-order chi connectivity index (χ1) is 11.6.